The fraction of sp³-hybridized carbons (Fsp3) is 0.286. The molecule has 7 nitrogen and oxygen atoms in total. The van der Waals surface area contributed by atoms with E-state index in [1.54, 1.807) is 11.8 Å². The van der Waals surface area contributed by atoms with Gasteiger partial charge in [-0.05, 0) is 49.9 Å². The maximum atomic E-state index is 5.02. The van der Waals surface area contributed by atoms with Crippen molar-refractivity contribution in [2.75, 3.05) is 24.7 Å². The van der Waals surface area contributed by atoms with Gasteiger partial charge in [-0.15, -0.1) is 11.8 Å². The fourth-order valence-electron chi connectivity index (χ4n) is 3.81. The summed E-state index contributed by atoms with van der Waals surface area (Å²) < 4.78 is 1.88. The Balaban J connectivity index is 1.60. The molecule has 1 aromatic carbocycles. The molecule has 1 unspecified atom stereocenters. The molecule has 0 saturated carbocycles. The number of H-pyrrole nitrogens is 1. The highest BCUT2D eigenvalue weighted by Gasteiger charge is 2.21. The third-order valence-electron chi connectivity index (χ3n) is 5.38. The highest BCUT2D eigenvalue weighted by Crippen LogP contribution is 2.30. The number of nitrogens with zero attached hydrogens (tertiary/aromatic N) is 4. The zero-order valence-corrected chi connectivity index (χ0v) is 17.0. The summed E-state index contributed by atoms with van der Waals surface area (Å²) in [5.41, 5.74) is 4.94. The topological polar surface area (TPSA) is 82.9 Å². The molecule has 4 aromatic rings. The van der Waals surface area contributed by atoms with Gasteiger partial charge >= 0.3 is 0 Å². The molecule has 0 aliphatic carbocycles. The number of thioether (sulfide) groups is 1. The number of aromatic amines is 1. The highest BCUT2D eigenvalue weighted by molar-refractivity contribution is 7.98. The van der Waals surface area contributed by atoms with Crippen LogP contribution < -0.4 is 10.6 Å². The van der Waals surface area contributed by atoms with Crippen LogP contribution in [0, 0.1) is 0 Å². The van der Waals surface area contributed by atoms with E-state index in [-0.39, 0.29) is 0 Å². The molecule has 1 saturated heterocycles. The van der Waals surface area contributed by atoms with Crippen LogP contribution in [0.1, 0.15) is 24.5 Å². The van der Waals surface area contributed by atoms with E-state index in [2.05, 4.69) is 62.5 Å². The average molecular weight is 406 g/mol. The maximum absolute atomic E-state index is 5.02. The summed E-state index contributed by atoms with van der Waals surface area (Å²) in [6.45, 7) is 2.04. The lowest BCUT2D eigenvalue weighted by atomic mass is 9.96. The van der Waals surface area contributed by atoms with Gasteiger partial charge in [-0.3, -0.25) is 5.10 Å². The number of anilines is 2. The molecule has 3 N–H and O–H groups in total. The molecule has 0 spiro atoms. The lowest BCUT2D eigenvalue weighted by Gasteiger charge is -2.23. The maximum Gasteiger partial charge on any atom is 0.165 e. The summed E-state index contributed by atoms with van der Waals surface area (Å²) in [5.74, 6) is 1.32. The first kappa shape index (κ1) is 18.2. The number of piperidine rings is 1. The van der Waals surface area contributed by atoms with E-state index in [4.69, 9.17) is 4.98 Å². The van der Waals surface area contributed by atoms with Crippen LogP contribution >= 0.6 is 11.8 Å². The lowest BCUT2D eigenvalue weighted by molar-refractivity contribution is 0.455. The van der Waals surface area contributed by atoms with Gasteiger partial charge in [0.1, 0.15) is 5.82 Å². The zero-order valence-electron chi connectivity index (χ0n) is 16.2. The fourth-order valence-corrected chi connectivity index (χ4v) is 4.22. The minimum Gasteiger partial charge on any atom is -0.340 e. The Morgan fingerprint density at radius 3 is 2.83 bits per heavy atom. The van der Waals surface area contributed by atoms with E-state index in [9.17, 15) is 0 Å². The van der Waals surface area contributed by atoms with Crippen molar-refractivity contribution in [3.63, 3.8) is 0 Å². The molecule has 1 fully saturated rings. The van der Waals surface area contributed by atoms with Crippen molar-refractivity contribution in [2.24, 2.45) is 0 Å². The van der Waals surface area contributed by atoms with Gasteiger partial charge < -0.3 is 10.6 Å². The number of hydrogen-bond acceptors (Lipinski definition) is 6. The Morgan fingerprint density at radius 1 is 1.21 bits per heavy atom. The highest BCUT2D eigenvalue weighted by atomic mass is 32.2. The van der Waals surface area contributed by atoms with Crippen molar-refractivity contribution in [2.45, 2.75) is 23.7 Å². The second-order valence-electron chi connectivity index (χ2n) is 7.24. The van der Waals surface area contributed by atoms with Gasteiger partial charge in [0, 0.05) is 46.4 Å². The van der Waals surface area contributed by atoms with Crippen LogP contribution in [-0.2, 0) is 0 Å². The minimum absolute atomic E-state index is 0.403. The quantitative estimate of drug-likeness (QED) is 0.435. The van der Waals surface area contributed by atoms with Crippen molar-refractivity contribution in [3.8, 4) is 11.1 Å². The summed E-state index contributed by atoms with van der Waals surface area (Å²) in [7, 11) is 0. The zero-order chi connectivity index (χ0) is 19.6. The molecule has 1 aliphatic heterocycles. The number of benzene rings is 1. The number of rotatable bonds is 5. The van der Waals surface area contributed by atoms with Crippen LogP contribution in [0.3, 0.4) is 0 Å². The third-order valence-corrected chi connectivity index (χ3v) is 6.12. The Morgan fingerprint density at radius 2 is 2.10 bits per heavy atom. The van der Waals surface area contributed by atoms with E-state index >= 15 is 0 Å². The average Bonchev–Trinajstić information content (AvgIpc) is 3.44. The predicted octanol–water partition coefficient (Wildman–Crippen LogP) is 4.05. The normalized spacial score (nSPS) is 16.9. The van der Waals surface area contributed by atoms with Gasteiger partial charge in [0.05, 0.1) is 18.1 Å². The van der Waals surface area contributed by atoms with E-state index in [1.165, 1.54) is 11.3 Å². The van der Waals surface area contributed by atoms with Crippen LogP contribution in [0.2, 0.25) is 0 Å². The Bertz CT molecular complexity index is 1100. The molecular weight excluding hydrogens is 382 g/mol. The molecule has 1 atom stereocenters. The minimum atomic E-state index is 0.403. The first-order chi connectivity index (χ1) is 14.3. The number of hydrogen-bond donors (Lipinski definition) is 3. The largest absolute Gasteiger partial charge is 0.340 e. The molecule has 8 heteroatoms. The van der Waals surface area contributed by atoms with E-state index in [0.29, 0.717) is 5.92 Å². The van der Waals surface area contributed by atoms with Gasteiger partial charge in [-0.1, -0.05) is 0 Å². The summed E-state index contributed by atoms with van der Waals surface area (Å²) in [5, 5.41) is 18.6. The molecule has 3 aromatic heterocycles. The molecular formula is C21H23N7S. The van der Waals surface area contributed by atoms with Gasteiger partial charge in [-0.25, -0.2) is 4.98 Å². The van der Waals surface area contributed by atoms with Crippen molar-refractivity contribution < 1.29 is 0 Å². The van der Waals surface area contributed by atoms with E-state index in [0.717, 1.165) is 53.5 Å². The standard InChI is InChI=1S/C21H23N7S/c1-29-17-6-4-16(5-7-17)26-20-9-19(14-3-2-8-22-10-14)27-21-18(13-25-28(20)21)15-11-23-24-12-15/h4-7,9,11-14,22,26H,2-3,8,10H2,1H3,(H,23,24). The van der Waals surface area contributed by atoms with Crippen molar-refractivity contribution in [1.82, 2.24) is 30.1 Å². The first-order valence-corrected chi connectivity index (χ1v) is 11.0. The molecule has 148 valence electrons. The van der Waals surface area contributed by atoms with Crippen molar-refractivity contribution >= 4 is 28.9 Å². The summed E-state index contributed by atoms with van der Waals surface area (Å²) in [6, 6.07) is 10.6. The second-order valence-corrected chi connectivity index (χ2v) is 8.12. The summed E-state index contributed by atoms with van der Waals surface area (Å²) in [6.07, 6.45) is 9.94. The molecule has 1 aliphatic rings. The van der Waals surface area contributed by atoms with Crippen LogP contribution in [0.4, 0.5) is 11.5 Å². The Labute approximate surface area is 173 Å². The predicted molar refractivity (Wildman–Crippen MR) is 117 cm³/mol. The molecule has 5 rings (SSSR count). The lowest BCUT2D eigenvalue weighted by Crippen LogP contribution is -2.29. The number of aromatic nitrogens is 5. The molecule has 0 bridgehead atoms. The van der Waals surface area contributed by atoms with Crippen molar-refractivity contribution in [1.29, 1.82) is 0 Å². The molecule has 4 heterocycles. The Hall–Kier alpha value is -2.84. The third kappa shape index (κ3) is 3.61. The molecule has 0 radical (unpaired) electrons. The SMILES string of the molecule is CSc1ccc(Nc2cc(C3CCCNC3)nc3c(-c4cn[nH]c4)cnn23)cc1. The van der Waals surface area contributed by atoms with Crippen LogP contribution in [0.15, 0.2) is 53.8 Å². The summed E-state index contributed by atoms with van der Waals surface area (Å²) in [4.78, 5) is 6.26. The van der Waals surface area contributed by atoms with Gasteiger partial charge in [0.25, 0.3) is 0 Å². The van der Waals surface area contributed by atoms with Crippen LogP contribution in [0.25, 0.3) is 16.8 Å². The van der Waals surface area contributed by atoms with Gasteiger partial charge in [0.15, 0.2) is 5.65 Å². The van der Waals surface area contributed by atoms with E-state index < -0.39 is 0 Å². The summed E-state index contributed by atoms with van der Waals surface area (Å²) >= 11 is 1.74. The smallest absolute Gasteiger partial charge is 0.165 e. The number of fused-ring (bicyclic) bond motifs is 1. The second kappa shape index (κ2) is 7.88. The molecule has 29 heavy (non-hydrogen) atoms. The van der Waals surface area contributed by atoms with Gasteiger partial charge in [-0.2, -0.15) is 14.7 Å². The molecule has 0 amide bonds. The number of nitrogens with one attached hydrogen (secondary N) is 3. The first-order valence-electron chi connectivity index (χ1n) is 9.81. The monoisotopic (exact) mass is 405 g/mol. The van der Waals surface area contributed by atoms with E-state index in [1.807, 2.05) is 23.1 Å². The van der Waals surface area contributed by atoms with Gasteiger partial charge in [0.2, 0.25) is 0 Å². The Kier molecular flexibility index (Phi) is 4.95. The van der Waals surface area contributed by atoms with Crippen molar-refractivity contribution in [3.05, 3.63) is 54.6 Å². The van der Waals surface area contributed by atoms with Crippen LogP contribution in [-0.4, -0.2) is 44.1 Å². The van der Waals surface area contributed by atoms with Crippen LogP contribution in [0.5, 0.6) is 0 Å².